The van der Waals surface area contributed by atoms with Gasteiger partial charge in [0.25, 0.3) is 11.6 Å². The van der Waals surface area contributed by atoms with Crippen LogP contribution in [0.3, 0.4) is 0 Å². The Kier molecular flexibility index (Phi) is 4.01. The minimum atomic E-state index is -0.471. The van der Waals surface area contributed by atoms with Crippen LogP contribution in [0.4, 0.5) is 5.69 Å². The maximum absolute atomic E-state index is 10.6. The van der Waals surface area contributed by atoms with Crippen molar-refractivity contribution in [2.24, 2.45) is 0 Å². The Morgan fingerprint density at radius 1 is 1.09 bits per heavy atom. The van der Waals surface area contributed by atoms with E-state index in [1.54, 1.807) is 6.92 Å². The molecule has 1 aromatic heterocycles. The van der Waals surface area contributed by atoms with Gasteiger partial charge in [0.05, 0.1) is 4.92 Å². The number of hydrogen-bond donors (Lipinski definition) is 0. The Balaban J connectivity index is 1.72. The Bertz CT molecular complexity index is 800. The fraction of sp³-hybridized carbons (Fsp3) is 0.125. The number of nitro groups is 1. The molecule has 0 unspecified atom stereocenters. The van der Waals surface area contributed by atoms with E-state index in [2.05, 4.69) is 10.2 Å². The molecule has 0 aliphatic carbocycles. The second-order valence-electron chi connectivity index (χ2n) is 4.82. The molecule has 1 atom stereocenters. The van der Waals surface area contributed by atoms with E-state index in [0.29, 0.717) is 17.5 Å². The quantitative estimate of drug-likeness (QED) is 0.526. The predicted molar refractivity (Wildman–Crippen MR) is 81.9 cm³/mol. The molecule has 7 heteroatoms. The van der Waals surface area contributed by atoms with Gasteiger partial charge in [0.1, 0.15) is 5.75 Å². The van der Waals surface area contributed by atoms with Gasteiger partial charge in [-0.2, -0.15) is 0 Å². The highest BCUT2D eigenvalue weighted by molar-refractivity contribution is 5.51. The van der Waals surface area contributed by atoms with Gasteiger partial charge in [-0.25, -0.2) is 0 Å². The molecule has 0 radical (unpaired) electrons. The summed E-state index contributed by atoms with van der Waals surface area (Å²) in [5, 5.41) is 18.6. The van der Waals surface area contributed by atoms with Crippen molar-refractivity contribution in [3.63, 3.8) is 0 Å². The maximum Gasteiger partial charge on any atom is 0.269 e. The Hall–Kier alpha value is -3.22. The van der Waals surface area contributed by atoms with Gasteiger partial charge in [0.15, 0.2) is 6.10 Å². The molecule has 0 N–H and O–H groups in total. The average molecular weight is 311 g/mol. The van der Waals surface area contributed by atoms with Crippen LogP contribution >= 0.6 is 0 Å². The van der Waals surface area contributed by atoms with E-state index in [1.165, 1.54) is 24.3 Å². The van der Waals surface area contributed by atoms with Crippen LogP contribution in [-0.4, -0.2) is 15.1 Å². The fourth-order valence-electron chi connectivity index (χ4n) is 2.00. The molecule has 3 aromatic rings. The topological polar surface area (TPSA) is 91.3 Å². The Morgan fingerprint density at radius 2 is 1.78 bits per heavy atom. The highest BCUT2D eigenvalue weighted by atomic mass is 16.6. The molecule has 0 saturated heterocycles. The summed E-state index contributed by atoms with van der Waals surface area (Å²) in [5.74, 6) is 1.24. The van der Waals surface area contributed by atoms with E-state index in [1.807, 2.05) is 30.3 Å². The van der Waals surface area contributed by atoms with Gasteiger partial charge in [0, 0.05) is 17.7 Å². The molecular formula is C16H13N3O4. The number of ether oxygens (including phenoxy) is 1. The number of benzene rings is 2. The number of non-ortho nitro benzene ring substituents is 1. The number of hydrogen-bond acceptors (Lipinski definition) is 6. The van der Waals surface area contributed by atoms with Gasteiger partial charge >= 0.3 is 0 Å². The summed E-state index contributed by atoms with van der Waals surface area (Å²) in [4.78, 5) is 10.2. The molecule has 116 valence electrons. The molecule has 7 nitrogen and oxygen atoms in total. The van der Waals surface area contributed by atoms with Crippen LogP contribution in [0.1, 0.15) is 18.9 Å². The number of rotatable bonds is 5. The molecule has 23 heavy (non-hydrogen) atoms. The monoisotopic (exact) mass is 311 g/mol. The van der Waals surface area contributed by atoms with Crippen LogP contribution in [-0.2, 0) is 0 Å². The van der Waals surface area contributed by atoms with Crippen LogP contribution in [0.5, 0.6) is 5.75 Å². The summed E-state index contributed by atoms with van der Waals surface area (Å²) >= 11 is 0. The van der Waals surface area contributed by atoms with Gasteiger partial charge in [-0.15, -0.1) is 10.2 Å². The minimum Gasteiger partial charge on any atom is -0.481 e. The van der Waals surface area contributed by atoms with Gasteiger partial charge in [-0.3, -0.25) is 10.1 Å². The zero-order chi connectivity index (χ0) is 16.2. The highest BCUT2D eigenvalue weighted by Crippen LogP contribution is 2.25. The molecule has 0 aliphatic heterocycles. The molecule has 1 heterocycles. The highest BCUT2D eigenvalue weighted by Gasteiger charge is 2.17. The van der Waals surface area contributed by atoms with Crippen molar-refractivity contribution in [2.75, 3.05) is 0 Å². The lowest BCUT2D eigenvalue weighted by Gasteiger charge is -2.10. The predicted octanol–water partition coefficient (Wildman–Crippen LogP) is 3.78. The van der Waals surface area contributed by atoms with E-state index >= 15 is 0 Å². The number of aromatic nitrogens is 2. The lowest BCUT2D eigenvalue weighted by molar-refractivity contribution is -0.384. The number of nitro benzene ring substituents is 1. The summed E-state index contributed by atoms with van der Waals surface area (Å²) in [6.07, 6.45) is -0.471. The van der Waals surface area contributed by atoms with Crippen LogP contribution in [0, 0.1) is 10.1 Å². The fourth-order valence-corrected chi connectivity index (χ4v) is 2.00. The lowest BCUT2D eigenvalue weighted by atomic mass is 10.2. The van der Waals surface area contributed by atoms with Crippen molar-refractivity contribution in [3.05, 3.63) is 70.6 Å². The maximum atomic E-state index is 10.6. The van der Waals surface area contributed by atoms with Crippen molar-refractivity contribution in [2.45, 2.75) is 13.0 Å². The van der Waals surface area contributed by atoms with Crippen molar-refractivity contribution >= 4 is 5.69 Å². The van der Waals surface area contributed by atoms with E-state index in [4.69, 9.17) is 9.15 Å². The average Bonchev–Trinajstić information content (AvgIpc) is 3.06. The normalized spacial score (nSPS) is 11.9. The van der Waals surface area contributed by atoms with Gasteiger partial charge in [0.2, 0.25) is 5.89 Å². The second-order valence-corrected chi connectivity index (χ2v) is 4.82. The third-order valence-electron chi connectivity index (χ3n) is 3.17. The van der Waals surface area contributed by atoms with E-state index < -0.39 is 11.0 Å². The smallest absolute Gasteiger partial charge is 0.269 e. The third-order valence-corrected chi connectivity index (χ3v) is 3.17. The van der Waals surface area contributed by atoms with Crippen molar-refractivity contribution < 1.29 is 14.1 Å². The first-order valence-electron chi connectivity index (χ1n) is 6.93. The van der Waals surface area contributed by atoms with Crippen molar-refractivity contribution in [1.29, 1.82) is 0 Å². The Labute approximate surface area is 131 Å². The zero-order valence-corrected chi connectivity index (χ0v) is 12.2. The standard InChI is InChI=1S/C16H13N3O4/c1-11(22-14-9-7-13(8-10-14)19(20)21)15-17-18-16(23-15)12-5-3-2-4-6-12/h2-11H,1H3/t11-/m1/s1. The first-order chi connectivity index (χ1) is 11.1. The minimum absolute atomic E-state index is 0.00848. The molecule has 0 saturated carbocycles. The van der Waals surface area contributed by atoms with E-state index in [-0.39, 0.29) is 5.69 Å². The van der Waals surface area contributed by atoms with Crippen molar-refractivity contribution in [1.82, 2.24) is 10.2 Å². The molecule has 0 amide bonds. The summed E-state index contributed by atoms with van der Waals surface area (Å²) in [7, 11) is 0. The Morgan fingerprint density at radius 3 is 2.43 bits per heavy atom. The van der Waals surface area contributed by atoms with Crippen LogP contribution in [0.2, 0.25) is 0 Å². The lowest BCUT2D eigenvalue weighted by Crippen LogP contribution is -2.03. The first-order valence-corrected chi connectivity index (χ1v) is 6.93. The summed E-state index contributed by atoms with van der Waals surface area (Å²) in [6, 6.07) is 15.2. The molecule has 0 bridgehead atoms. The third kappa shape index (κ3) is 3.34. The summed E-state index contributed by atoms with van der Waals surface area (Å²) in [6.45, 7) is 1.77. The zero-order valence-electron chi connectivity index (χ0n) is 12.2. The molecule has 0 spiro atoms. The van der Waals surface area contributed by atoms with E-state index in [0.717, 1.165) is 5.56 Å². The van der Waals surface area contributed by atoms with Crippen LogP contribution in [0.25, 0.3) is 11.5 Å². The van der Waals surface area contributed by atoms with Gasteiger partial charge in [-0.05, 0) is 31.2 Å². The van der Waals surface area contributed by atoms with Gasteiger partial charge in [-0.1, -0.05) is 18.2 Å². The van der Waals surface area contributed by atoms with Crippen molar-refractivity contribution in [3.8, 4) is 17.2 Å². The van der Waals surface area contributed by atoms with Crippen LogP contribution in [0.15, 0.2) is 59.0 Å². The summed E-state index contributed by atoms with van der Waals surface area (Å²) in [5.41, 5.74) is 0.836. The second kappa shape index (κ2) is 6.27. The van der Waals surface area contributed by atoms with Crippen LogP contribution < -0.4 is 4.74 Å². The SMILES string of the molecule is C[C@@H](Oc1ccc([N+](=O)[O-])cc1)c1nnc(-c2ccccc2)o1. The largest absolute Gasteiger partial charge is 0.481 e. The molecule has 2 aromatic carbocycles. The molecule has 0 fully saturated rings. The number of nitrogens with zero attached hydrogens (tertiary/aromatic N) is 3. The first kappa shape index (κ1) is 14.7. The molecule has 3 rings (SSSR count). The van der Waals surface area contributed by atoms with Gasteiger partial charge < -0.3 is 9.15 Å². The van der Waals surface area contributed by atoms with E-state index in [9.17, 15) is 10.1 Å². The molecular weight excluding hydrogens is 298 g/mol. The molecule has 0 aliphatic rings. The summed E-state index contributed by atoms with van der Waals surface area (Å²) < 4.78 is 11.3.